The van der Waals surface area contributed by atoms with Gasteiger partial charge in [0, 0.05) is 21.4 Å². The summed E-state index contributed by atoms with van der Waals surface area (Å²) in [5.41, 5.74) is 1.56. The molecule has 0 radical (unpaired) electrons. The summed E-state index contributed by atoms with van der Waals surface area (Å²) in [4.78, 5) is 13.0. The molecule has 0 aliphatic heterocycles. The van der Waals surface area contributed by atoms with Crippen LogP contribution >= 0.6 is 12.0 Å². The molecular formula is C18H15NO5S. The number of carbonyl (C=O) groups is 1. The summed E-state index contributed by atoms with van der Waals surface area (Å²) in [5, 5.41) is 26.5. The third-order valence-electron chi connectivity index (χ3n) is 3.78. The third-order valence-corrected chi connectivity index (χ3v) is 4.52. The van der Waals surface area contributed by atoms with E-state index >= 15 is 0 Å². The molecule has 3 aromatic rings. The van der Waals surface area contributed by atoms with Gasteiger partial charge in [0.25, 0.3) is 5.91 Å². The average molecular weight is 357 g/mol. The number of benzene rings is 3. The molecule has 0 atom stereocenters. The lowest BCUT2D eigenvalue weighted by atomic mass is 10.0. The zero-order valence-corrected chi connectivity index (χ0v) is 14.0. The van der Waals surface area contributed by atoms with Crippen molar-refractivity contribution in [3.8, 4) is 5.75 Å². The molecule has 0 aliphatic rings. The van der Waals surface area contributed by atoms with E-state index in [4.69, 9.17) is 5.26 Å². The van der Waals surface area contributed by atoms with E-state index in [0.717, 1.165) is 12.0 Å². The van der Waals surface area contributed by atoms with Crippen LogP contribution in [0.3, 0.4) is 0 Å². The maximum Gasteiger partial charge on any atom is 0.255 e. The molecule has 0 aliphatic carbocycles. The fourth-order valence-electron chi connectivity index (χ4n) is 2.54. The van der Waals surface area contributed by atoms with Crippen molar-refractivity contribution >= 4 is 34.4 Å². The first kappa shape index (κ1) is 17.2. The van der Waals surface area contributed by atoms with Gasteiger partial charge in [-0.3, -0.25) is 4.79 Å². The van der Waals surface area contributed by atoms with E-state index in [1.54, 1.807) is 55.5 Å². The van der Waals surface area contributed by atoms with Crippen LogP contribution in [0.15, 0.2) is 59.5 Å². The Morgan fingerprint density at radius 3 is 2.60 bits per heavy atom. The Morgan fingerprint density at radius 2 is 1.88 bits per heavy atom. The van der Waals surface area contributed by atoms with Gasteiger partial charge in [0.15, 0.2) is 0 Å². The molecule has 0 saturated carbocycles. The van der Waals surface area contributed by atoms with Gasteiger partial charge in [-0.05, 0) is 36.6 Å². The standard InChI is InChI=1S/C18H15NO5S/c1-11-15(25-24-23-22)10-13-8-5-9-14(16(13)17(11)20)19-18(21)12-6-3-2-4-7-12/h2-10,20,22H,1H3,(H,19,21). The third kappa shape index (κ3) is 3.59. The summed E-state index contributed by atoms with van der Waals surface area (Å²) in [6, 6.07) is 15.9. The molecule has 0 saturated heterocycles. The van der Waals surface area contributed by atoms with Crippen molar-refractivity contribution in [3.05, 3.63) is 65.7 Å². The van der Waals surface area contributed by atoms with Gasteiger partial charge in [0.05, 0.1) is 17.7 Å². The number of hydrogen-bond donors (Lipinski definition) is 3. The second kappa shape index (κ2) is 7.54. The Kier molecular flexibility index (Phi) is 5.20. The zero-order chi connectivity index (χ0) is 17.8. The quantitative estimate of drug-likeness (QED) is 0.353. The fraction of sp³-hybridized carbons (Fsp3) is 0.0556. The van der Waals surface area contributed by atoms with Crippen LogP contribution in [0.1, 0.15) is 15.9 Å². The number of aromatic hydroxyl groups is 1. The monoisotopic (exact) mass is 357 g/mol. The second-order valence-electron chi connectivity index (χ2n) is 5.30. The first-order chi connectivity index (χ1) is 12.1. The molecule has 0 fully saturated rings. The summed E-state index contributed by atoms with van der Waals surface area (Å²) in [5.74, 6) is -0.244. The Bertz CT molecular complexity index is 914. The number of amides is 1. The lowest BCUT2D eigenvalue weighted by molar-refractivity contribution is -0.432. The normalized spacial score (nSPS) is 10.8. The Hall–Kier alpha value is -2.58. The molecule has 0 heterocycles. The van der Waals surface area contributed by atoms with E-state index in [1.807, 2.05) is 6.07 Å². The predicted octanol–water partition coefficient (Wildman–Crippen LogP) is 4.53. The number of anilines is 1. The van der Waals surface area contributed by atoms with E-state index in [1.165, 1.54) is 0 Å². The molecule has 0 aromatic heterocycles. The van der Waals surface area contributed by atoms with Gasteiger partial charge in [-0.15, -0.1) is 4.33 Å². The molecule has 3 rings (SSSR count). The Balaban J connectivity index is 2.02. The highest BCUT2D eigenvalue weighted by Gasteiger charge is 2.15. The number of phenolic OH excluding ortho intramolecular Hbond substituents is 1. The van der Waals surface area contributed by atoms with Crippen molar-refractivity contribution in [1.29, 1.82) is 0 Å². The van der Waals surface area contributed by atoms with Crippen LogP contribution in [0.25, 0.3) is 10.8 Å². The van der Waals surface area contributed by atoms with Crippen LogP contribution < -0.4 is 5.32 Å². The van der Waals surface area contributed by atoms with Gasteiger partial charge in [-0.2, -0.15) is 0 Å². The summed E-state index contributed by atoms with van der Waals surface area (Å²) in [6.45, 7) is 1.70. The molecular weight excluding hydrogens is 342 g/mol. The Labute approximate surface area is 148 Å². The lowest BCUT2D eigenvalue weighted by Gasteiger charge is -2.14. The van der Waals surface area contributed by atoms with Gasteiger partial charge >= 0.3 is 0 Å². The number of fused-ring (bicyclic) bond motifs is 1. The van der Waals surface area contributed by atoms with Gasteiger partial charge in [-0.25, -0.2) is 5.26 Å². The average Bonchev–Trinajstić information content (AvgIpc) is 2.64. The number of nitrogens with one attached hydrogen (secondary N) is 1. The molecule has 7 heteroatoms. The molecule has 3 aromatic carbocycles. The highest BCUT2D eigenvalue weighted by Crippen LogP contribution is 2.40. The van der Waals surface area contributed by atoms with E-state index in [0.29, 0.717) is 32.5 Å². The topological polar surface area (TPSA) is 88.0 Å². The van der Waals surface area contributed by atoms with E-state index in [-0.39, 0.29) is 11.7 Å². The van der Waals surface area contributed by atoms with Crippen molar-refractivity contribution in [2.24, 2.45) is 0 Å². The van der Waals surface area contributed by atoms with Crippen LogP contribution in [-0.4, -0.2) is 16.3 Å². The molecule has 1 amide bonds. The van der Waals surface area contributed by atoms with Gasteiger partial charge in [0.1, 0.15) is 5.75 Å². The summed E-state index contributed by atoms with van der Waals surface area (Å²) >= 11 is 0.773. The van der Waals surface area contributed by atoms with Crippen molar-refractivity contribution in [2.45, 2.75) is 11.8 Å². The first-order valence-corrected chi connectivity index (χ1v) is 8.12. The van der Waals surface area contributed by atoms with Gasteiger partial charge < -0.3 is 10.4 Å². The van der Waals surface area contributed by atoms with Crippen LogP contribution in [0, 0.1) is 6.92 Å². The van der Waals surface area contributed by atoms with Crippen LogP contribution in [0.4, 0.5) is 5.69 Å². The second-order valence-corrected chi connectivity index (χ2v) is 6.04. The smallest absolute Gasteiger partial charge is 0.255 e. The SMILES string of the molecule is Cc1c(SOOO)cc2cccc(NC(=O)c3ccccc3)c2c1O. The van der Waals surface area contributed by atoms with Crippen molar-refractivity contribution < 1.29 is 24.5 Å². The predicted molar refractivity (Wildman–Crippen MR) is 95.4 cm³/mol. The molecule has 0 spiro atoms. The molecule has 128 valence electrons. The van der Waals surface area contributed by atoms with Crippen molar-refractivity contribution in [3.63, 3.8) is 0 Å². The van der Waals surface area contributed by atoms with E-state index < -0.39 is 0 Å². The van der Waals surface area contributed by atoms with Crippen molar-refractivity contribution in [2.75, 3.05) is 5.32 Å². The summed E-state index contributed by atoms with van der Waals surface area (Å²) in [7, 11) is 0. The highest BCUT2D eigenvalue weighted by molar-refractivity contribution is 7.94. The van der Waals surface area contributed by atoms with Crippen LogP contribution in [0.2, 0.25) is 0 Å². The number of rotatable bonds is 5. The molecule has 25 heavy (non-hydrogen) atoms. The first-order valence-electron chi connectivity index (χ1n) is 7.38. The maximum absolute atomic E-state index is 12.4. The lowest BCUT2D eigenvalue weighted by Crippen LogP contribution is -2.12. The minimum atomic E-state index is -0.263. The molecule has 0 bridgehead atoms. The van der Waals surface area contributed by atoms with Gasteiger partial charge in [-0.1, -0.05) is 35.4 Å². The molecule has 6 nitrogen and oxygen atoms in total. The number of carbonyl (C=O) groups excluding carboxylic acids is 1. The van der Waals surface area contributed by atoms with Crippen LogP contribution in [0.5, 0.6) is 5.75 Å². The summed E-state index contributed by atoms with van der Waals surface area (Å²) in [6.07, 6.45) is 0. The minimum Gasteiger partial charge on any atom is -0.507 e. The van der Waals surface area contributed by atoms with E-state index in [2.05, 4.69) is 14.7 Å². The van der Waals surface area contributed by atoms with E-state index in [9.17, 15) is 9.90 Å². The summed E-state index contributed by atoms with van der Waals surface area (Å²) < 4.78 is 4.45. The molecule has 0 unspecified atom stereocenters. The number of phenols is 1. The fourth-order valence-corrected chi connectivity index (χ4v) is 3.04. The highest BCUT2D eigenvalue weighted by atomic mass is 32.2. The van der Waals surface area contributed by atoms with Crippen molar-refractivity contribution in [1.82, 2.24) is 0 Å². The molecule has 3 N–H and O–H groups in total. The minimum absolute atomic E-state index is 0.0190. The van der Waals surface area contributed by atoms with Gasteiger partial charge in [0.2, 0.25) is 0 Å². The number of hydrogen-bond acceptors (Lipinski definition) is 6. The Morgan fingerprint density at radius 1 is 1.12 bits per heavy atom. The largest absolute Gasteiger partial charge is 0.507 e. The van der Waals surface area contributed by atoms with Crippen LogP contribution in [-0.2, 0) is 9.37 Å². The maximum atomic E-state index is 12.4. The zero-order valence-electron chi connectivity index (χ0n) is 13.2.